The minimum atomic E-state index is -0.255. The monoisotopic (exact) mass is 213 g/mol. The second-order valence-corrected chi connectivity index (χ2v) is 3.01. The summed E-state index contributed by atoms with van der Waals surface area (Å²) in [6, 6.07) is 1.56. The predicted molar refractivity (Wildman–Crippen MR) is 53.2 cm³/mol. The molecule has 15 heavy (non-hydrogen) atoms. The van der Waals surface area contributed by atoms with Crippen LogP contribution in [0, 0.1) is 0 Å². The standard InChI is InChI=1S/C9H15N3O3/c1-14-6-7-5-8(12-15-7)9(13)11-4-2-3-10/h5H,2-4,6,10H2,1H3,(H,11,13). The van der Waals surface area contributed by atoms with Crippen LogP contribution in [0.15, 0.2) is 10.6 Å². The van der Waals surface area contributed by atoms with Crippen molar-refractivity contribution >= 4 is 5.91 Å². The van der Waals surface area contributed by atoms with Crippen LogP contribution in [0.2, 0.25) is 0 Å². The number of ether oxygens (including phenoxy) is 1. The fraction of sp³-hybridized carbons (Fsp3) is 0.556. The molecule has 0 radical (unpaired) electrons. The first-order valence-electron chi connectivity index (χ1n) is 4.70. The Labute approximate surface area is 87.8 Å². The number of amides is 1. The van der Waals surface area contributed by atoms with Gasteiger partial charge >= 0.3 is 0 Å². The van der Waals surface area contributed by atoms with Crippen LogP contribution in [0.1, 0.15) is 22.7 Å². The summed E-state index contributed by atoms with van der Waals surface area (Å²) in [7, 11) is 1.55. The molecule has 3 N–H and O–H groups in total. The maximum absolute atomic E-state index is 11.4. The van der Waals surface area contributed by atoms with Crippen molar-refractivity contribution in [2.75, 3.05) is 20.2 Å². The molecule has 0 aliphatic carbocycles. The summed E-state index contributed by atoms with van der Waals surface area (Å²) in [5.74, 6) is 0.274. The van der Waals surface area contributed by atoms with E-state index in [9.17, 15) is 4.79 Å². The Hall–Kier alpha value is -1.40. The van der Waals surface area contributed by atoms with Crippen LogP contribution in [0.5, 0.6) is 0 Å². The van der Waals surface area contributed by atoms with Gasteiger partial charge in [-0.05, 0) is 13.0 Å². The van der Waals surface area contributed by atoms with E-state index in [1.807, 2.05) is 0 Å². The van der Waals surface area contributed by atoms with Gasteiger partial charge in [0.15, 0.2) is 11.5 Å². The number of nitrogens with one attached hydrogen (secondary N) is 1. The van der Waals surface area contributed by atoms with Crippen LogP contribution in [0.3, 0.4) is 0 Å². The molecular formula is C9H15N3O3. The Balaban J connectivity index is 2.43. The lowest BCUT2D eigenvalue weighted by Gasteiger charge is -1.99. The topological polar surface area (TPSA) is 90.4 Å². The first-order chi connectivity index (χ1) is 7.27. The Bertz CT molecular complexity index is 311. The number of nitrogens with two attached hydrogens (primary N) is 1. The minimum Gasteiger partial charge on any atom is -0.377 e. The van der Waals surface area contributed by atoms with Gasteiger partial charge in [0.2, 0.25) is 0 Å². The van der Waals surface area contributed by atoms with Gasteiger partial charge in [-0.15, -0.1) is 0 Å². The molecule has 1 heterocycles. The Morgan fingerprint density at radius 2 is 2.53 bits per heavy atom. The highest BCUT2D eigenvalue weighted by molar-refractivity contribution is 5.92. The first kappa shape index (κ1) is 11.7. The molecule has 0 spiro atoms. The maximum atomic E-state index is 11.4. The zero-order valence-electron chi connectivity index (χ0n) is 8.66. The summed E-state index contributed by atoms with van der Waals surface area (Å²) in [5, 5.41) is 6.29. The van der Waals surface area contributed by atoms with Gasteiger partial charge in [-0.2, -0.15) is 0 Å². The van der Waals surface area contributed by atoms with E-state index in [-0.39, 0.29) is 11.6 Å². The fourth-order valence-corrected chi connectivity index (χ4v) is 1.02. The highest BCUT2D eigenvalue weighted by Gasteiger charge is 2.11. The van der Waals surface area contributed by atoms with Gasteiger partial charge in [-0.3, -0.25) is 4.79 Å². The van der Waals surface area contributed by atoms with Crippen LogP contribution in [0.4, 0.5) is 0 Å². The van der Waals surface area contributed by atoms with Crippen LogP contribution < -0.4 is 11.1 Å². The summed E-state index contributed by atoms with van der Waals surface area (Å²) in [6.07, 6.45) is 0.745. The van der Waals surface area contributed by atoms with Gasteiger partial charge < -0.3 is 20.3 Å². The summed E-state index contributed by atoms with van der Waals surface area (Å²) in [5.41, 5.74) is 5.56. The molecule has 84 valence electrons. The van der Waals surface area contributed by atoms with E-state index in [2.05, 4.69) is 10.5 Å². The molecule has 6 heteroatoms. The second kappa shape index (κ2) is 6.15. The molecule has 1 aromatic rings. The van der Waals surface area contributed by atoms with Gasteiger partial charge in [0.25, 0.3) is 5.91 Å². The summed E-state index contributed by atoms with van der Waals surface area (Å²) in [4.78, 5) is 11.4. The van der Waals surface area contributed by atoms with Crippen molar-refractivity contribution in [1.29, 1.82) is 0 Å². The maximum Gasteiger partial charge on any atom is 0.273 e. The van der Waals surface area contributed by atoms with Crippen LogP contribution in [-0.4, -0.2) is 31.3 Å². The quantitative estimate of drug-likeness (QED) is 0.644. The van der Waals surface area contributed by atoms with Gasteiger partial charge in [0, 0.05) is 19.7 Å². The number of carbonyl (C=O) groups excluding carboxylic acids is 1. The summed E-state index contributed by atoms with van der Waals surface area (Å²) in [6.45, 7) is 1.40. The number of hydrogen-bond donors (Lipinski definition) is 2. The number of rotatable bonds is 6. The number of hydrogen-bond acceptors (Lipinski definition) is 5. The fourth-order valence-electron chi connectivity index (χ4n) is 1.02. The highest BCUT2D eigenvalue weighted by atomic mass is 16.5. The molecule has 0 bridgehead atoms. The molecule has 0 aliphatic rings. The highest BCUT2D eigenvalue weighted by Crippen LogP contribution is 2.04. The summed E-state index contributed by atoms with van der Waals surface area (Å²) < 4.78 is 9.71. The zero-order valence-corrected chi connectivity index (χ0v) is 8.66. The average molecular weight is 213 g/mol. The smallest absolute Gasteiger partial charge is 0.273 e. The largest absolute Gasteiger partial charge is 0.377 e. The Morgan fingerprint density at radius 1 is 1.73 bits per heavy atom. The van der Waals surface area contributed by atoms with E-state index in [0.29, 0.717) is 25.5 Å². The van der Waals surface area contributed by atoms with Crippen molar-refractivity contribution in [2.24, 2.45) is 5.73 Å². The number of nitrogens with zero attached hydrogens (tertiary/aromatic N) is 1. The molecule has 0 saturated heterocycles. The predicted octanol–water partition coefficient (Wildman–Crippen LogP) is -0.100. The van der Waals surface area contributed by atoms with Crippen molar-refractivity contribution in [2.45, 2.75) is 13.0 Å². The van der Waals surface area contributed by atoms with E-state index < -0.39 is 0 Å². The van der Waals surface area contributed by atoms with Crippen molar-refractivity contribution in [1.82, 2.24) is 10.5 Å². The van der Waals surface area contributed by atoms with E-state index in [0.717, 1.165) is 6.42 Å². The molecule has 0 aliphatic heterocycles. The van der Waals surface area contributed by atoms with E-state index >= 15 is 0 Å². The van der Waals surface area contributed by atoms with E-state index in [1.165, 1.54) is 0 Å². The second-order valence-electron chi connectivity index (χ2n) is 3.01. The first-order valence-corrected chi connectivity index (χ1v) is 4.70. The molecule has 1 amide bonds. The molecule has 0 saturated carbocycles. The molecule has 0 unspecified atom stereocenters. The lowest BCUT2D eigenvalue weighted by molar-refractivity contribution is 0.0943. The van der Waals surface area contributed by atoms with E-state index in [4.69, 9.17) is 15.0 Å². The lowest BCUT2D eigenvalue weighted by atomic mass is 10.3. The third-order valence-electron chi connectivity index (χ3n) is 1.74. The van der Waals surface area contributed by atoms with Gasteiger partial charge in [-0.1, -0.05) is 5.16 Å². The molecule has 1 rings (SSSR count). The van der Waals surface area contributed by atoms with Gasteiger partial charge in [-0.25, -0.2) is 0 Å². The Kier molecular flexibility index (Phi) is 4.79. The number of methoxy groups -OCH3 is 1. The SMILES string of the molecule is COCc1cc(C(=O)NCCCN)no1. The molecule has 0 aromatic carbocycles. The van der Waals surface area contributed by atoms with Crippen molar-refractivity contribution < 1.29 is 14.1 Å². The Morgan fingerprint density at radius 3 is 3.20 bits per heavy atom. The number of aromatic nitrogens is 1. The zero-order chi connectivity index (χ0) is 11.1. The van der Waals surface area contributed by atoms with Crippen LogP contribution in [-0.2, 0) is 11.3 Å². The minimum absolute atomic E-state index is 0.255. The lowest BCUT2D eigenvalue weighted by Crippen LogP contribution is -2.26. The third kappa shape index (κ3) is 3.69. The van der Waals surface area contributed by atoms with Crippen molar-refractivity contribution in [3.8, 4) is 0 Å². The van der Waals surface area contributed by atoms with Crippen molar-refractivity contribution in [3.05, 3.63) is 17.5 Å². The van der Waals surface area contributed by atoms with E-state index in [1.54, 1.807) is 13.2 Å². The third-order valence-corrected chi connectivity index (χ3v) is 1.74. The number of carbonyl (C=O) groups is 1. The van der Waals surface area contributed by atoms with Crippen molar-refractivity contribution in [3.63, 3.8) is 0 Å². The van der Waals surface area contributed by atoms with Gasteiger partial charge in [0.05, 0.1) is 0 Å². The van der Waals surface area contributed by atoms with Gasteiger partial charge in [0.1, 0.15) is 6.61 Å². The van der Waals surface area contributed by atoms with Crippen LogP contribution >= 0.6 is 0 Å². The summed E-state index contributed by atoms with van der Waals surface area (Å²) >= 11 is 0. The van der Waals surface area contributed by atoms with Crippen LogP contribution in [0.25, 0.3) is 0 Å². The molecular weight excluding hydrogens is 198 g/mol. The average Bonchev–Trinajstić information content (AvgIpc) is 2.67. The molecule has 1 aromatic heterocycles. The molecule has 6 nitrogen and oxygen atoms in total. The molecule has 0 fully saturated rings. The normalized spacial score (nSPS) is 10.3. The molecule has 0 atom stereocenters.